The number of primary amides is 1. The highest BCUT2D eigenvalue weighted by molar-refractivity contribution is 5.96. The fourth-order valence-corrected chi connectivity index (χ4v) is 2.90. The van der Waals surface area contributed by atoms with Gasteiger partial charge in [0.25, 0.3) is 0 Å². The monoisotopic (exact) mass is 282 g/mol. The van der Waals surface area contributed by atoms with Gasteiger partial charge >= 0.3 is 0 Å². The molecule has 1 saturated carbocycles. The van der Waals surface area contributed by atoms with Crippen LogP contribution in [0.15, 0.2) is 0 Å². The Kier molecular flexibility index (Phi) is 3.86. The quantitative estimate of drug-likeness (QED) is 0.757. The van der Waals surface area contributed by atoms with Gasteiger partial charge in [0.05, 0.1) is 6.10 Å². The van der Waals surface area contributed by atoms with Crippen LogP contribution in [0, 0.1) is 5.41 Å². The molecule has 2 amide bonds. The van der Waals surface area contributed by atoms with Gasteiger partial charge in [0, 0.05) is 11.8 Å². The Morgan fingerprint density at radius 2 is 2.20 bits per heavy atom. The van der Waals surface area contributed by atoms with E-state index in [4.69, 9.17) is 10.5 Å². The molecule has 2 atom stereocenters. The minimum absolute atomic E-state index is 0.0393. The molecule has 1 aliphatic heterocycles. The van der Waals surface area contributed by atoms with E-state index in [1.54, 1.807) is 13.8 Å². The van der Waals surface area contributed by atoms with Crippen molar-refractivity contribution in [2.75, 3.05) is 6.61 Å². The minimum Gasteiger partial charge on any atom is -0.369 e. The number of ketones is 1. The van der Waals surface area contributed by atoms with Crippen molar-refractivity contribution in [3.63, 3.8) is 0 Å². The number of carbonyl (C=O) groups excluding carboxylic acids is 3. The summed E-state index contributed by atoms with van der Waals surface area (Å²) in [6.45, 7) is 3.50. The Balaban J connectivity index is 1.95. The Bertz CT molecular complexity index is 446. The molecule has 0 aromatic carbocycles. The highest BCUT2D eigenvalue weighted by atomic mass is 16.5. The first kappa shape index (κ1) is 15.0. The summed E-state index contributed by atoms with van der Waals surface area (Å²) in [7, 11) is 0. The van der Waals surface area contributed by atoms with Crippen molar-refractivity contribution in [1.29, 1.82) is 0 Å². The van der Waals surface area contributed by atoms with Crippen molar-refractivity contribution >= 4 is 17.6 Å². The average Bonchev–Trinajstić information content (AvgIpc) is 2.88. The molecule has 0 aromatic rings. The third-order valence-electron chi connectivity index (χ3n) is 4.51. The summed E-state index contributed by atoms with van der Waals surface area (Å²) in [5, 5.41) is 2.85. The van der Waals surface area contributed by atoms with Crippen molar-refractivity contribution in [1.82, 2.24) is 5.32 Å². The van der Waals surface area contributed by atoms with Gasteiger partial charge < -0.3 is 15.8 Å². The fraction of sp³-hybridized carbons (Fsp3) is 0.786. The van der Waals surface area contributed by atoms with Gasteiger partial charge in [-0.15, -0.1) is 0 Å². The van der Waals surface area contributed by atoms with Crippen LogP contribution in [-0.2, 0) is 19.1 Å². The first-order valence-corrected chi connectivity index (χ1v) is 7.04. The number of fused-ring (bicyclic) bond motifs is 1. The van der Waals surface area contributed by atoms with Gasteiger partial charge in [0.1, 0.15) is 12.1 Å². The molecule has 2 rings (SSSR count). The highest BCUT2D eigenvalue weighted by Gasteiger charge is 2.54. The second-order valence-electron chi connectivity index (χ2n) is 6.38. The Labute approximate surface area is 118 Å². The second kappa shape index (κ2) is 5.16. The van der Waals surface area contributed by atoms with Gasteiger partial charge in [0.15, 0.2) is 5.78 Å². The Morgan fingerprint density at radius 1 is 1.50 bits per heavy atom. The maximum absolute atomic E-state index is 12.1. The highest BCUT2D eigenvalue weighted by Crippen LogP contribution is 2.38. The van der Waals surface area contributed by atoms with Gasteiger partial charge in [-0.25, -0.2) is 0 Å². The lowest BCUT2D eigenvalue weighted by Crippen LogP contribution is -2.56. The number of amides is 2. The molecule has 1 heterocycles. The van der Waals surface area contributed by atoms with E-state index in [9.17, 15) is 14.4 Å². The third-order valence-corrected chi connectivity index (χ3v) is 4.51. The maximum Gasteiger partial charge on any atom is 0.223 e. The van der Waals surface area contributed by atoms with Crippen LogP contribution in [0.1, 0.15) is 46.0 Å². The topological polar surface area (TPSA) is 98.5 Å². The van der Waals surface area contributed by atoms with E-state index in [1.165, 1.54) is 0 Å². The molecule has 1 saturated heterocycles. The zero-order valence-corrected chi connectivity index (χ0v) is 12.0. The minimum atomic E-state index is -0.825. The Hall–Kier alpha value is -1.43. The number of Topliss-reactive ketones (excluding diaryl/α,β-unsaturated/α-hetero) is 1. The van der Waals surface area contributed by atoms with Gasteiger partial charge in [-0.3, -0.25) is 14.4 Å². The molecule has 112 valence electrons. The van der Waals surface area contributed by atoms with Crippen molar-refractivity contribution in [3.05, 3.63) is 0 Å². The first-order chi connectivity index (χ1) is 9.28. The van der Waals surface area contributed by atoms with Crippen molar-refractivity contribution in [2.45, 2.75) is 57.6 Å². The van der Waals surface area contributed by atoms with Crippen LogP contribution >= 0.6 is 0 Å². The smallest absolute Gasteiger partial charge is 0.223 e. The van der Waals surface area contributed by atoms with Crippen molar-refractivity contribution in [3.8, 4) is 0 Å². The number of hydrogen-bond donors (Lipinski definition) is 2. The fourth-order valence-electron chi connectivity index (χ4n) is 2.90. The average molecular weight is 282 g/mol. The largest absolute Gasteiger partial charge is 0.369 e. The predicted octanol–water partition coefficient (Wildman–Crippen LogP) is 0.285. The zero-order valence-electron chi connectivity index (χ0n) is 12.0. The predicted molar refractivity (Wildman–Crippen MR) is 71.7 cm³/mol. The molecule has 1 aliphatic carbocycles. The molecule has 0 aromatic heterocycles. The van der Waals surface area contributed by atoms with Gasteiger partial charge in [-0.1, -0.05) is 13.8 Å². The summed E-state index contributed by atoms with van der Waals surface area (Å²) < 4.78 is 5.44. The standard InChI is InChI=1S/C14H22N2O4/c1-13(2,12(15)19)7-5-11(18)16-14-6-3-4-10(14)20-8-9(14)17/h10H,3-8H2,1-2H3,(H2,15,19)(H,16,18). The number of nitrogens with one attached hydrogen (secondary N) is 1. The number of rotatable bonds is 5. The van der Waals surface area contributed by atoms with E-state index in [-0.39, 0.29) is 30.8 Å². The summed E-state index contributed by atoms with van der Waals surface area (Å²) in [4.78, 5) is 35.3. The second-order valence-corrected chi connectivity index (χ2v) is 6.38. The lowest BCUT2D eigenvalue weighted by atomic mass is 9.86. The zero-order chi connectivity index (χ0) is 15.0. The molecule has 2 aliphatic rings. The molecule has 6 heteroatoms. The molecular formula is C14H22N2O4. The molecule has 0 bridgehead atoms. The number of ether oxygens (including phenoxy) is 1. The van der Waals surface area contributed by atoms with E-state index in [0.29, 0.717) is 12.8 Å². The van der Waals surface area contributed by atoms with Crippen LogP contribution in [0.2, 0.25) is 0 Å². The molecule has 20 heavy (non-hydrogen) atoms. The van der Waals surface area contributed by atoms with Gasteiger partial charge in [-0.2, -0.15) is 0 Å². The van der Waals surface area contributed by atoms with Gasteiger partial charge in [-0.05, 0) is 25.7 Å². The Morgan fingerprint density at radius 3 is 2.85 bits per heavy atom. The summed E-state index contributed by atoms with van der Waals surface area (Å²) in [5.41, 5.74) is 3.73. The number of hydrogen-bond acceptors (Lipinski definition) is 4. The van der Waals surface area contributed by atoms with Crippen LogP contribution in [0.25, 0.3) is 0 Å². The maximum atomic E-state index is 12.1. The van der Waals surface area contributed by atoms with Gasteiger partial charge in [0.2, 0.25) is 11.8 Å². The van der Waals surface area contributed by atoms with Crippen LogP contribution in [0.4, 0.5) is 0 Å². The number of carbonyl (C=O) groups is 3. The summed E-state index contributed by atoms with van der Waals surface area (Å²) >= 11 is 0. The van der Waals surface area contributed by atoms with Crippen molar-refractivity contribution < 1.29 is 19.1 Å². The van der Waals surface area contributed by atoms with Crippen LogP contribution in [-0.4, -0.2) is 35.8 Å². The molecule has 2 unspecified atom stereocenters. The molecular weight excluding hydrogens is 260 g/mol. The van der Waals surface area contributed by atoms with E-state index in [1.807, 2.05) is 0 Å². The lowest BCUT2D eigenvalue weighted by Gasteiger charge is -2.28. The van der Waals surface area contributed by atoms with Crippen molar-refractivity contribution in [2.24, 2.45) is 11.1 Å². The number of nitrogens with two attached hydrogens (primary N) is 1. The SMILES string of the molecule is CC(C)(CCC(=O)NC12CCCC1OCC2=O)C(N)=O. The summed E-state index contributed by atoms with van der Waals surface area (Å²) in [6.07, 6.45) is 2.67. The molecule has 2 fully saturated rings. The molecule has 0 radical (unpaired) electrons. The molecule has 3 N–H and O–H groups in total. The third kappa shape index (κ3) is 2.57. The van der Waals surface area contributed by atoms with E-state index in [2.05, 4.69) is 5.32 Å². The first-order valence-electron chi connectivity index (χ1n) is 7.04. The van der Waals surface area contributed by atoms with E-state index in [0.717, 1.165) is 12.8 Å². The molecule has 0 spiro atoms. The van der Waals surface area contributed by atoms with E-state index < -0.39 is 16.9 Å². The van der Waals surface area contributed by atoms with Crippen LogP contribution in [0.5, 0.6) is 0 Å². The van der Waals surface area contributed by atoms with Crippen LogP contribution in [0.3, 0.4) is 0 Å². The molecule has 6 nitrogen and oxygen atoms in total. The summed E-state index contributed by atoms with van der Waals surface area (Å²) in [6, 6.07) is 0. The normalized spacial score (nSPS) is 29.3. The summed E-state index contributed by atoms with van der Waals surface area (Å²) in [5.74, 6) is -0.685. The van der Waals surface area contributed by atoms with Crippen LogP contribution < -0.4 is 11.1 Å². The lowest BCUT2D eigenvalue weighted by molar-refractivity contribution is -0.131. The van der Waals surface area contributed by atoms with E-state index >= 15 is 0 Å².